The highest BCUT2D eigenvalue weighted by molar-refractivity contribution is 5.80. The van der Waals surface area contributed by atoms with Crippen molar-refractivity contribution in [1.29, 1.82) is 0 Å². The molecule has 0 radical (unpaired) electrons. The molecule has 0 aliphatic heterocycles. The fraction of sp³-hybridized carbons (Fsp3) is 0.222. The predicted molar refractivity (Wildman–Crippen MR) is 87.9 cm³/mol. The second kappa shape index (κ2) is 6.80. The Morgan fingerprint density at radius 1 is 0.900 bits per heavy atom. The van der Waals surface area contributed by atoms with Gasteiger partial charge in [0.2, 0.25) is 0 Å². The van der Waals surface area contributed by atoms with Crippen molar-refractivity contribution >= 4 is 16.9 Å². The third-order valence-electron chi connectivity index (χ3n) is 3.43. The van der Waals surface area contributed by atoms with Gasteiger partial charge in [-0.25, -0.2) is 0 Å². The molecular weight excluding hydrogens is 244 g/mol. The van der Waals surface area contributed by atoms with Gasteiger partial charge < -0.3 is 11.1 Å². The lowest BCUT2D eigenvalue weighted by atomic mass is 9.98. The lowest BCUT2D eigenvalue weighted by molar-refractivity contribution is 1.04. The summed E-state index contributed by atoms with van der Waals surface area (Å²) in [6.07, 6.45) is 1.82. The first-order valence-corrected chi connectivity index (χ1v) is 7.15. The van der Waals surface area contributed by atoms with Gasteiger partial charge in [-0.1, -0.05) is 50.2 Å². The van der Waals surface area contributed by atoms with E-state index in [1.807, 2.05) is 24.3 Å². The van der Waals surface area contributed by atoms with Gasteiger partial charge in [-0.3, -0.25) is 0 Å². The molecular formula is C18H22N2. The molecule has 0 bridgehead atoms. The molecule has 20 heavy (non-hydrogen) atoms. The van der Waals surface area contributed by atoms with Crippen LogP contribution in [-0.4, -0.2) is 0 Å². The minimum atomic E-state index is 0.878. The van der Waals surface area contributed by atoms with Crippen LogP contribution in [0.5, 0.6) is 0 Å². The van der Waals surface area contributed by atoms with Crippen LogP contribution in [0.4, 0.5) is 11.4 Å². The topological polar surface area (TPSA) is 38.0 Å². The molecule has 0 unspecified atom stereocenters. The number of rotatable bonds is 5. The molecule has 0 saturated heterocycles. The normalized spacial score (nSPS) is 11.9. The van der Waals surface area contributed by atoms with E-state index in [2.05, 4.69) is 49.5 Å². The quantitative estimate of drug-likeness (QED) is 0.806. The summed E-state index contributed by atoms with van der Waals surface area (Å²) in [5, 5.41) is 3.48. The van der Waals surface area contributed by atoms with Gasteiger partial charge in [0.05, 0.1) is 0 Å². The smallest absolute Gasteiger partial charge is 0.0461 e. The van der Waals surface area contributed by atoms with Crippen LogP contribution in [0.15, 0.2) is 60.3 Å². The summed E-state index contributed by atoms with van der Waals surface area (Å²) < 4.78 is 0. The Labute approximate surface area is 121 Å². The lowest BCUT2D eigenvalue weighted by Gasteiger charge is -2.16. The van der Waals surface area contributed by atoms with Crippen molar-refractivity contribution in [3.63, 3.8) is 0 Å². The Kier molecular flexibility index (Phi) is 4.83. The summed E-state index contributed by atoms with van der Waals surface area (Å²) >= 11 is 0. The standard InChI is InChI=1S/C18H22N2/c1-3-15(17(19)4-2)16-12-8-9-13-18(16)20-14-10-6-5-7-11-14/h5-13,20H,3-4,19H2,1-2H3/b17-15-. The van der Waals surface area contributed by atoms with Crippen molar-refractivity contribution in [3.8, 4) is 0 Å². The summed E-state index contributed by atoms with van der Waals surface area (Å²) in [6.45, 7) is 4.25. The zero-order valence-electron chi connectivity index (χ0n) is 12.2. The first kappa shape index (κ1) is 14.2. The number of hydrogen-bond acceptors (Lipinski definition) is 2. The molecule has 2 aromatic carbocycles. The van der Waals surface area contributed by atoms with E-state index in [0.29, 0.717) is 0 Å². The largest absolute Gasteiger partial charge is 0.402 e. The average molecular weight is 266 g/mol. The molecule has 2 rings (SSSR count). The SMILES string of the molecule is CC/C(N)=C(\CC)c1ccccc1Nc1ccccc1. The maximum absolute atomic E-state index is 6.17. The fourth-order valence-electron chi connectivity index (χ4n) is 2.34. The maximum Gasteiger partial charge on any atom is 0.0461 e. The fourth-order valence-corrected chi connectivity index (χ4v) is 2.34. The van der Waals surface area contributed by atoms with E-state index < -0.39 is 0 Å². The van der Waals surface area contributed by atoms with Gasteiger partial charge in [-0.15, -0.1) is 0 Å². The molecule has 2 aromatic rings. The van der Waals surface area contributed by atoms with Crippen molar-refractivity contribution in [2.24, 2.45) is 5.73 Å². The highest BCUT2D eigenvalue weighted by atomic mass is 14.9. The summed E-state index contributed by atoms with van der Waals surface area (Å²) in [5.41, 5.74) is 11.8. The minimum Gasteiger partial charge on any atom is -0.402 e. The Bertz CT molecular complexity index is 585. The molecule has 0 saturated carbocycles. The average Bonchev–Trinajstić information content (AvgIpc) is 2.50. The van der Waals surface area contributed by atoms with Crippen LogP contribution in [-0.2, 0) is 0 Å². The summed E-state index contributed by atoms with van der Waals surface area (Å²) in [6, 6.07) is 18.5. The van der Waals surface area contributed by atoms with Gasteiger partial charge >= 0.3 is 0 Å². The van der Waals surface area contributed by atoms with Gasteiger partial charge in [-0.05, 0) is 36.6 Å². The van der Waals surface area contributed by atoms with Gasteiger partial charge in [-0.2, -0.15) is 0 Å². The molecule has 0 aliphatic rings. The molecule has 0 heterocycles. The van der Waals surface area contributed by atoms with E-state index in [0.717, 1.165) is 29.9 Å². The first-order chi connectivity index (χ1) is 9.76. The lowest BCUT2D eigenvalue weighted by Crippen LogP contribution is -2.03. The number of anilines is 2. The minimum absolute atomic E-state index is 0.878. The second-order valence-corrected chi connectivity index (χ2v) is 4.75. The van der Waals surface area contributed by atoms with Crippen LogP contribution in [0.1, 0.15) is 32.3 Å². The number of benzene rings is 2. The van der Waals surface area contributed by atoms with Crippen LogP contribution in [0.25, 0.3) is 5.57 Å². The predicted octanol–water partition coefficient (Wildman–Crippen LogP) is 4.92. The molecule has 0 spiro atoms. The number of hydrogen-bond donors (Lipinski definition) is 2. The third kappa shape index (κ3) is 3.21. The maximum atomic E-state index is 6.17. The number of para-hydroxylation sites is 2. The second-order valence-electron chi connectivity index (χ2n) is 4.75. The third-order valence-corrected chi connectivity index (χ3v) is 3.43. The van der Waals surface area contributed by atoms with Crippen molar-refractivity contribution in [1.82, 2.24) is 0 Å². The molecule has 3 N–H and O–H groups in total. The Morgan fingerprint density at radius 2 is 1.55 bits per heavy atom. The zero-order chi connectivity index (χ0) is 14.4. The van der Waals surface area contributed by atoms with Crippen LogP contribution in [0, 0.1) is 0 Å². The van der Waals surface area contributed by atoms with E-state index in [-0.39, 0.29) is 0 Å². The molecule has 0 amide bonds. The monoisotopic (exact) mass is 266 g/mol. The van der Waals surface area contributed by atoms with Gasteiger partial charge in [0.25, 0.3) is 0 Å². The van der Waals surface area contributed by atoms with Crippen molar-refractivity contribution in [2.75, 3.05) is 5.32 Å². The van der Waals surface area contributed by atoms with Crippen LogP contribution >= 0.6 is 0 Å². The summed E-state index contributed by atoms with van der Waals surface area (Å²) in [4.78, 5) is 0. The van der Waals surface area contributed by atoms with Crippen LogP contribution in [0.2, 0.25) is 0 Å². The van der Waals surface area contributed by atoms with E-state index in [9.17, 15) is 0 Å². The molecule has 0 aliphatic carbocycles. The highest BCUT2D eigenvalue weighted by Crippen LogP contribution is 2.30. The molecule has 0 aromatic heterocycles. The van der Waals surface area contributed by atoms with Gasteiger partial charge in [0.15, 0.2) is 0 Å². The number of allylic oxidation sites excluding steroid dienone is 2. The van der Waals surface area contributed by atoms with E-state index >= 15 is 0 Å². The molecule has 2 nitrogen and oxygen atoms in total. The van der Waals surface area contributed by atoms with Crippen LogP contribution < -0.4 is 11.1 Å². The number of nitrogens with one attached hydrogen (secondary N) is 1. The summed E-state index contributed by atoms with van der Waals surface area (Å²) in [7, 11) is 0. The Hall–Kier alpha value is -2.22. The van der Waals surface area contributed by atoms with Gasteiger partial charge in [0, 0.05) is 22.6 Å². The summed E-state index contributed by atoms with van der Waals surface area (Å²) in [5.74, 6) is 0. The van der Waals surface area contributed by atoms with E-state index in [4.69, 9.17) is 5.73 Å². The molecule has 0 fully saturated rings. The Morgan fingerprint density at radius 3 is 2.20 bits per heavy atom. The van der Waals surface area contributed by atoms with Crippen molar-refractivity contribution < 1.29 is 0 Å². The molecule has 2 heteroatoms. The van der Waals surface area contributed by atoms with E-state index in [1.165, 1.54) is 11.1 Å². The van der Waals surface area contributed by atoms with Crippen molar-refractivity contribution in [3.05, 3.63) is 65.9 Å². The highest BCUT2D eigenvalue weighted by Gasteiger charge is 2.09. The zero-order valence-corrected chi connectivity index (χ0v) is 12.2. The Balaban J connectivity index is 2.41. The number of nitrogens with two attached hydrogens (primary N) is 1. The van der Waals surface area contributed by atoms with Crippen LogP contribution in [0.3, 0.4) is 0 Å². The first-order valence-electron chi connectivity index (χ1n) is 7.15. The van der Waals surface area contributed by atoms with Gasteiger partial charge in [0.1, 0.15) is 0 Å². The molecule has 104 valence electrons. The van der Waals surface area contributed by atoms with E-state index in [1.54, 1.807) is 0 Å². The molecule has 0 atom stereocenters. The van der Waals surface area contributed by atoms with Crippen molar-refractivity contribution in [2.45, 2.75) is 26.7 Å².